The lowest BCUT2D eigenvalue weighted by Crippen LogP contribution is -2.50. The van der Waals surface area contributed by atoms with Crippen LogP contribution in [0.25, 0.3) is 10.2 Å². The van der Waals surface area contributed by atoms with Crippen LogP contribution in [0, 0.1) is 13.8 Å². The van der Waals surface area contributed by atoms with E-state index in [1.54, 1.807) is 43.8 Å². The monoisotopic (exact) mass is 426 g/mol. The highest BCUT2D eigenvalue weighted by Gasteiger charge is 2.24. The van der Waals surface area contributed by atoms with Crippen LogP contribution in [0.5, 0.6) is 11.5 Å². The van der Waals surface area contributed by atoms with Crippen LogP contribution in [-0.2, 0) is 0 Å². The van der Waals surface area contributed by atoms with Crippen molar-refractivity contribution < 1.29 is 14.3 Å². The maximum atomic E-state index is 12.8. The maximum absolute atomic E-state index is 12.8. The number of piperazine rings is 1. The molecule has 0 radical (unpaired) electrons. The molecule has 8 heteroatoms. The minimum absolute atomic E-state index is 0.131. The van der Waals surface area contributed by atoms with Crippen LogP contribution in [0.4, 0.5) is 15.6 Å². The number of aryl methyl sites for hydroxylation is 2. The van der Waals surface area contributed by atoms with Crippen LogP contribution in [0.15, 0.2) is 30.3 Å². The molecule has 1 aromatic heterocycles. The lowest BCUT2D eigenvalue weighted by molar-refractivity contribution is 0.208. The molecule has 0 atom stereocenters. The van der Waals surface area contributed by atoms with Crippen LogP contribution in [0.1, 0.15) is 11.1 Å². The topological polar surface area (TPSA) is 66.9 Å². The standard InChI is InChI=1S/C22H26N4O3S/c1-14-11-15(2)20-19(12-14)30-22(24-20)26-9-7-25(8-10-26)21(27)23-17-6-5-16(28-3)13-18(17)29-4/h5-6,11-13H,7-10H2,1-4H3,(H,23,27). The van der Waals surface area contributed by atoms with Crippen molar-refractivity contribution in [2.45, 2.75) is 13.8 Å². The Hall–Kier alpha value is -3.00. The van der Waals surface area contributed by atoms with Crippen LogP contribution >= 0.6 is 11.3 Å². The fourth-order valence-electron chi connectivity index (χ4n) is 3.69. The van der Waals surface area contributed by atoms with Crippen molar-refractivity contribution in [3.05, 3.63) is 41.5 Å². The highest BCUT2D eigenvalue weighted by molar-refractivity contribution is 7.22. The summed E-state index contributed by atoms with van der Waals surface area (Å²) < 4.78 is 11.8. The Morgan fingerprint density at radius 2 is 1.83 bits per heavy atom. The van der Waals surface area contributed by atoms with Crippen molar-refractivity contribution in [3.8, 4) is 11.5 Å². The molecule has 4 rings (SSSR count). The van der Waals surface area contributed by atoms with Gasteiger partial charge in [0.25, 0.3) is 0 Å². The molecule has 0 unspecified atom stereocenters. The van der Waals surface area contributed by atoms with Crippen molar-refractivity contribution in [2.24, 2.45) is 0 Å². The normalized spacial score (nSPS) is 14.1. The van der Waals surface area contributed by atoms with E-state index in [2.05, 4.69) is 36.2 Å². The number of methoxy groups -OCH3 is 2. The number of rotatable bonds is 4. The molecule has 0 bridgehead atoms. The second kappa shape index (κ2) is 8.39. The van der Waals surface area contributed by atoms with Crippen LogP contribution in [0.2, 0.25) is 0 Å². The summed E-state index contributed by atoms with van der Waals surface area (Å²) in [7, 11) is 3.17. The highest BCUT2D eigenvalue weighted by atomic mass is 32.1. The lowest BCUT2D eigenvalue weighted by Gasteiger charge is -2.34. The first-order chi connectivity index (χ1) is 14.5. The zero-order valence-corrected chi connectivity index (χ0v) is 18.5. The Morgan fingerprint density at radius 3 is 2.53 bits per heavy atom. The molecule has 3 aromatic rings. The summed E-state index contributed by atoms with van der Waals surface area (Å²) >= 11 is 1.72. The van der Waals surface area contributed by atoms with E-state index in [1.807, 2.05) is 4.90 Å². The van der Waals surface area contributed by atoms with Crippen molar-refractivity contribution in [1.82, 2.24) is 9.88 Å². The molecule has 1 fully saturated rings. The minimum atomic E-state index is -0.131. The fraction of sp³-hybridized carbons (Fsp3) is 0.364. The Balaban J connectivity index is 1.41. The van der Waals surface area contributed by atoms with Crippen molar-refractivity contribution in [3.63, 3.8) is 0 Å². The summed E-state index contributed by atoms with van der Waals surface area (Å²) in [6.45, 7) is 7.00. The first-order valence-corrected chi connectivity index (χ1v) is 10.7. The number of aromatic nitrogens is 1. The number of nitrogens with one attached hydrogen (secondary N) is 1. The van der Waals surface area contributed by atoms with Crippen LogP contribution in [0.3, 0.4) is 0 Å². The van der Waals surface area contributed by atoms with Gasteiger partial charge in [-0.2, -0.15) is 0 Å². The number of nitrogens with zero attached hydrogens (tertiary/aromatic N) is 3. The fourth-order valence-corrected chi connectivity index (χ4v) is 4.88. The van der Waals surface area contributed by atoms with Crippen LogP contribution < -0.4 is 19.7 Å². The Bertz CT molecular complexity index is 1070. The second-order valence-corrected chi connectivity index (χ2v) is 8.40. The van der Waals surface area contributed by atoms with E-state index in [9.17, 15) is 4.79 Å². The van der Waals surface area contributed by atoms with Gasteiger partial charge in [-0.25, -0.2) is 9.78 Å². The zero-order chi connectivity index (χ0) is 21.3. The van der Waals surface area contributed by atoms with E-state index >= 15 is 0 Å². The van der Waals surface area contributed by atoms with Gasteiger partial charge < -0.3 is 24.6 Å². The average molecular weight is 427 g/mol. The van der Waals surface area contributed by atoms with Gasteiger partial charge in [0.05, 0.1) is 30.1 Å². The third-order valence-electron chi connectivity index (χ3n) is 5.31. The summed E-state index contributed by atoms with van der Waals surface area (Å²) in [5.41, 5.74) is 4.17. The number of benzene rings is 2. The number of ether oxygens (including phenoxy) is 2. The summed E-state index contributed by atoms with van der Waals surface area (Å²) in [6.07, 6.45) is 0. The number of thiazole rings is 1. The van der Waals surface area contributed by atoms with E-state index in [0.717, 1.165) is 23.7 Å². The molecule has 2 amide bonds. The van der Waals surface area contributed by atoms with Gasteiger partial charge in [-0.3, -0.25) is 0 Å². The van der Waals surface area contributed by atoms with Crippen molar-refractivity contribution in [2.75, 3.05) is 50.6 Å². The van der Waals surface area contributed by atoms with Gasteiger partial charge in [-0.1, -0.05) is 17.4 Å². The summed E-state index contributed by atoms with van der Waals surface area (Å²) in [5, 5.41) is 3.97. The van der Waals surface area contributed by atoms with E-state index in [-0.39, 0.29) is 6.03 Å². The molecule has 0 saturated carbocycles. The third kappa shape index (κ3) is 4.00. The molecule has 30 heavy (non-hydrogen) atoms. The number of amides is 2. The van der Waals surface area contributed by atoms with Gasteiger partial charge in [-0.05, 0) is 43.2 Å². The van der Waals surface area contributed by atoms with Gasteiger partial charge in [0, 0.05) is 32.2 Å². The predicted molar refractivity (Wildman–Crippen MR) is 121 cm³/mol. The summed E-state index contributed by atoms with van der Waals surface area (Å²) in [5.74, 6) is 1.25. The smallest absolute Gasteiger partial charge is 0.322 e. The Labute approximate surface area is 180 Å². The summed E-state index contributed by atoms with van der Waals surface area (Å²) in [6, 6.07) is 9.57. The Morgan fingerprint density at radius 1 is 1.07 bits per heavy atom. The number of hydrogen-bond donors (Lipinski definition) is 1. The third-order valence-corrected chi connectivity index (χ3v) is 6.37. The van der Waals surface area contributed by atoms with Gasteiger partial charge in [0.2, 0.25) is 0 Å². The molecule has 1 saturated heterocycles. The first-order valence-electron chi connectivity index (χ1n) is 9.89. The van der Waals surface area contributed by atoms with Crippen molar-refractivity contribution >= 4 is 38.4 Å². The molecule has 1 N–H and O–H groups in total. The molecule has 158 valence electrons. The van der Waals surface area contributed by atoms with Gasteiger partial charge >= 0.3 is 6.03 Å². The average Bonchev–Trinajstić information content (AvgIpc) is 3.18. The number of carbonyl (C=O) groups is 1. The molecule has 1 aliphatic heterocycles. The van der Waals surface area contributed by atoms with Gasteiger partial charge in [-0.15, -0.1) is 0 Å². The second-order valence-electron chi connectivity index (χ2n) is 7.40. The number of fused-ring (bicyclic) bond motifs is 1. The molecule has 7 nitrogen and oxygen atoms in total. The summed E-state index contributed by atoms with van der Waals surface area (Å²) in [4.78, 5) is 21.7. The number of anilines is 2. The highest BCUT2D eigenvalue weighted by Crippen LogP contribution is 2.32. The molecule has 0 aliphatic carbocycles. The van der Waals surface area contributed by atoms with E-state index in [0.29, 0.717) is 30.3 Å². The quantitative estimate of drug-likeness (QED) is 0.674. The predicted octanol–water partition coefficient (Wildman–Crippen LogP) is 4.28. The molecular formula is C22H26N4O3S. The zero-order valence-electron chi connectivity index (χ0n) is 17.7. The number of urea groups is 1. The molecular weight excluding hydrogens is 400 g/mol. The largest absolute Gasteiger partial charge is 0.497 e. The van der Waals surface area contributed by atoms with E-state index in [4.69, 9.17) is 14.5 Å². The number of hydrogen-bond acceptors (Lipinski definition) is 6. The van der Waals surface area contributed by atoms with Crippen LogP contribution in [-0.4, -0.2) is 56.3 Å². The van der Waals surface area contributed by atoms with E-state index in [1.165, 1.54) is 15.8 Å². The first kappa shape index (κ1) is 20.3. The van der Waals surface area contributed by atoms with Gasteiger partial charge in [0.15, 0.2) is 5.13 Å². The van der Waals surface area contributed by atoms with E-state index < -0.39 is 0 Å². The molecule has 0 spiro atoms. The van der Waals surface area contributed by atoms with Gasteiger partial charge in [0.1, 0.15) is 11.5 Å². The minimum Gasteiger partial charge on any atom is -0.497 e. The lowest BCUT2D eigenvalue weighted by atomic mass is 10.1. The SMILES string of the molecule is COc1ccc(NC(=O)N2CCN(c3nc4c(C)cc(C)cc4s3)CC2)c(OC)c1. The maximum Gasteiger partial charge on any atom is 0.322 e. The Kier molecular flexibility index (Phi) is 5.67. The molecule has 1 aliphatic rings. The molecule has 2 aromatic carbocycles. The van der Waals surface area contributed by atoms with Crippen molar-refractivity contribution in [1.29, 1.82) is 0 Å². The number of carbonyl (C=O) groups excluding carboxylic acids is 1. The molecule has 2 heterocycles.